The summed E-state index contributed by atoms with van der Waals surface area (Å²) in [5.74, 6) is -4.70. The lowest BCUT2D eigenvalue weighted by molar-refractivity contribution is -0.137. The van der Waals surface area contributed by atoms with Gasteiger partial charge in [0.1, 0.15) is 30.2 Å². The van der Waals surface area contributed by atoms with E-state index in [-0.39, 0.29) is 57.7 Å². The first kappa shape index (κ1) is 45.3. The lowest BCUT2D eigenvalue weighted by Gasteiger charge is -2.28. The number of fused-ring (bicyclic) bond motifs is 3. The summed E-state index contributed by atoms with van der Waals surface area (Å²) in [6.45, 7) is 0.588. The smallest absolute Gasteiger partial charge is 0.247 e. The van der Waals surface area contributed by atoms with Gasteiger partial charge in [-0.2, -0.15) is 0 Å². The molecule has 3 heterocycles. The Hall–Kier alpha value is -7.24. The maximum Gasteiger partial charge on any atom is 0.247 e. The van der Waals surface area contributed by atoms with Crippen molar-refractivity contribution in [1.29, 1.82) is 0 Å². The monoisotopic (exact) mass is 861 g/mol. The van der Waals surface area contributed by atoms with E-state index in [2.05, 4.69) is 36.6 Å². The molecule has 1 saturated heterocycles. The molecule has 6 rings (SSSR count). The number of carbonyl (C=O) groups is 7. The van der Waals surface area contributed by atoms with Crippen LogP contribution in [0.2, 0.25) is 0 Å². The Labute approximate surface area is 364 Å². The number of aliphatic imine (C=N–C) groups is 1. The Bertz CT molecular complexity index is 2390. The van der Waals surface area contributed by atoms with E-state index in [9.17, 15) is 33.6 Å². The molecule has 7 amide bonds. The average Bonchev–Trinajstić information content (AvgIpc) is 3.93. The topological polar surface area (TPSA) is 289 Å². The van der Waals surface area contributed by atoms with Crippen LogP contribution < -0.4 is 43.8 Å². The number of para-hydroxylation sites is 1. The SMILES string of the molecule is NC(=O)[C@@H]1CCCCNC(=O)/C=C\C(=O)N2CCC[C@H]2C(=O)N[C@H](Cc2ccc3ccccc3c2)C(=O)N[C@@H](CCCN=C(N)N)C(=O)N[C@@H](Cc2c[nH]c3ccccc23)C(=O)N1. The number of H-pyrrole nitrogens is 1. The molecule has 0 aliphatic carbocycles. The van der Waals surface area contributed by atoms with E-state index in [0.29, 0.717) is 36.8 Å². The summed E-state index contributed by atoms with van der Waals surface area (Å²) in [5, 5.41) is 16.6. The molecule has 0 bridgehead atoms. The lowest BCUT2D eigenvalue weighted by atomic mass is 9.99. The number of nitrogens with two attached hydrogens (primary N) is 3. The van der Waals surface area contributed by atoms with Gasteiger partial charge in [-0.3, -0.25) is 38.6 Å². The third kappa shape index (κ3) is 12.4. The number of amides is 7. The molecule has 2 aliphatic rings. The molecule has 18 heteroatoms. The zero-order valence-corrected chi connectivity index (χ0v) is 34.9. The van der Waals surface area contributed by atoms with Gasteiger partial charge < -0.3 is 53.7 Å². The van der Waals surface area contributed by atoms with Crippen molar-refractivity contribution in [2.24, 2.45) is 22.2 Å². The summed E-state index contributed by atoms with van der Waals surface area (Å²) in [6, 6.07) is 15.0. The minimum absolute atomic E-state index is 0.00145. The highest BCUT2D eigenvalue weighted by molar-refractivity contribution is 6.00. The highest BCUT2D eigenvalue weighted by Gasteiger charge is 2.37. The normalized spacial score (nSPS) is 22.9. The van der Waals surface area contributed by atoms with Gasteiger partial charge in [-0.05, 0) is 72.9 Å². The van der Waals surface area contributed by atoms with Gasteiger partial charge in [-0.15, -0.1) is 0 Å². The maximum absolute atomic E-state index is 14.5. The van der Waals surface area contributed by atoms with E-state index < -0.39 is 71.6 Å². The first-order valence-electron chi connectivity index (χ1n) is 21.2. The standard InChI is InChI=1S/C45H55N11O7/c46-40(59)33-13-5-6-20-49-38(57)18-19-39(58)56-22-8-15-37(56)44(63)55-35(24-27-16-17-28-9-1-2-10-29(28)23-27)42(61)53-34(14-7-21-50-45(47)48)41(60)54-36(43(62)52-33)25-30-26-51-32-12-4-3-11-31(30)32/h1-4,9-12,16-19,23,26,33-37,51H,5-8,13-15,20-22,24-25H2,(H2,46,59)(H,49,57)(H,52,62)(H,53,61)(H,54,60)(H,55,63)(H4,47,48,50)/b19-18-/t33-,34-,35+,36-,37-/m0/s1. The summed E-state index contributed by atoms with van der Waals surface area (Å²) < 4.78 is 0. The molecule has 1 aromatic heterocycles. The second-order valence-corrected chi connectivity index (χ2v) is 15.9. The molecule has 2 aliphatic heterocycles. The molecule has 0 radical (unpaired) electrons. The first-order valence-corrected chi connectivity index (χ1v) is 21.2. The van der Waals surface area contributed by atoms with Crippen LogP contribution in [0.4, 0.5) is 0 Å². The number of hydrogen-bond donors (Lipinski definition) is 9. The Morgan fingerprint density at radius 2 is 1.41 bits per heavy atom. The summed E-state index contributed by atoms with van der Waals surface area (Å²) in [4.78, 5) is 104. The van der Waals surface area contributed by atoms with Gasteiger partial charge in [-0.1, -0.05) is 60.7 Å². The third-order valence-corrected chi connectivity index (χ3v) is 11.3. The predicted molar refractivity (Wildman–Crippen MR) is 237 cm³/mol. The minimum atomic E-state index is -1.26. The van der Waals surface area contributed by atoms with Crippen LogP contribution in [0.3, 0.4) is 0 Å². The molecule has 0 unspecified atom stereocenters. The number of nitrogens with one attached hydrogen (secondary N) is 6. The highest BCUT2D eigenvalue weighted by Crippen LogP contribution is 2.22. The van der Waals surface area contributed by atoms with E-state index in [1.54, 1.807) is 6.20 Å². The molecule has 3 aromatic carbocycles. The van der Waals surface area contributed by atoms with Crippen molar-refractivity contribution < 1.29 is 33.6 Å². The predicted octanol–water partition coefficient (Wildman–Crippen LogP) is 0.432. The quantitative estimate of drug-likeness (QED) is 0.0640. The fourth-order valence-corrected chi connectivity index (χ4v) is 7.97. The maximum atomic E-state index is 14.5. The fourth-order valence-electron chi connectivity index (χ4n) is 7.97. The largest absolute Gasteiger partial charge is 0.370 e. The number of nitrogens with zero attached hydrogens (tertiary/aromatic N) is 2. The minimum Gasteiger partial charge on any atom is -0.370 e. The lowest BCUT2D eigenvalue weighted by Crippen LogP contribution is -2.59. The van der Waals surface area contributed by atoms with Crippen molar-refractivity contribution in [2.45, 2.75) is 88.0 Å². The summed E-state index contributed by atoms with van der Waals surface area (Å²) in [7, 11) is 0. The van der Waals surface area contributed by atoms with E-state index in [0.717, 1.165) is 33.8 Å². The molecular weight excluding hydrogens is 807 g/mol. The number of guanidine groups is 1. The highest BCUT2D eigenvalue weighted by atomic mass is 16.2. The zero-order valence-electron chi connectivity index (χ0n) is 34.9. The van der Waals surface area contributed by atoms with E-state index in [1.165, 1.54) is 4.90 Å². The van der Waals surface area contributed by atoms with Crippen molar-refractivity contribution in [3.63, 3.8) is 0 Å². The Morgan fingerprint density at radius 1 is 0.714 bits per heavy atom. The second-order valence-electron chi connectivity index (χ2n) is 15.9. The fraction of sp³-hybridized carbons (Fsp3) is 0.378. The molecule has 5 atom stereocenters. The molecule has 63 heavy (non-hydrogen) atoms. The second kappa shape index (κ2) is 21.5. The van der Waals surface area contributed by atoms with Crippen molar-refractivity contribution in [3.8, 4) is 0 Å². The van der Waals surface area contributed by atoms with Gasteiger partial charge in [-0.25, -0.2) is 0 Å². The first-order chi connectivity index (χ1) is 30.4. The van der Waals surface area contributed by atoms with Crippen LogP contribution >= 0.6 is 0 Å². The van der Waals surface area contributed by atoms with Crippen LogP contribution in [0.1, 0.15) is 56.1 Å². The van der Waals surface area contributed by atoms with E-state index >= 15 is 0 Å². The molecule has 18 nitrogen and oxygen atoms in total. The molecule has 1 fully saturated rings. The van der Waals surface area contributed by atoms with Crippen LogP contribution in [0.5, 0.6) is 0 Å². The van der Waals surface area contributed by atoms with Crippen molar-refractivity contribution in [1.82, 2.24) is 36.5 Å². The molecule has 0 spiro atoms. The number of hydrogen-bond acceptors (Lipinski definition) is 8. The average molecular weight is 862 g/mol. The molecule has 332 valence electrons. The van der Waals surface area contributed by atoms with Crippen molar-refractivity contribution in [2.75, 3.05) is 19.6 Å². The van der Waals surface area contributed by atoms with E-state index in [1.807, 2.05) is 66.7 Å². The van der Waals surface area contributed by atoms with Crippen LogP contribution in [0.15, 0.2) is 90.1 Å². The Balaban J connectivity index is 1.35. The molecule has 0 saturated carbocycles. The number of benzene rings is 3. The van der Waals surface area contributed by atoms with Gasteiger partial charge in [0, 0.05) is 61.7 Å². The summed E-state index contributed by atoms with van der Waals surface area (Å²) in [6.07, 6.45) is 5.99. The molecule has 12 N–H and O–H groups in total. The zero-order chi connectivity index (χ0) is 44.9. The number of rotatable bonds is 9. The summed E-state index contributed by atoms with van der Waals surface area (Å²) >= 11 is 0. The number of carbonyl (C=O) groups excluding carboxylic acids is 7. The van der Waals surface area contributed by atoms with Gasteiger partial charge in [0.25, 0.3) is 0 Å². The molecular formula is C45H55N11O7. The van der Waals surface area contributed by atoms with Crippen molar-refractivity contribution >= 4 is 69.0 Å². The van der Waals surface area contributed by atoms with Gasteiger partial charge >= 0.3 is 0 Å². The van der Waals surface area contributed by atoms with Crippen LogP contribution in [-0.4, -0.2) is 107 Å². The number of primary amides is 1. The Morgan fingerprint density at radius 3 is 2.21 bits per heavy atom. The van der Waals surface area contributed by atoms with Gasteiger partial charge in [0.15, 0.2) is 5.96 Å². The van der Waals surface area contributed by atoms with Gasteiger partial charge in [0.2, 0.25) is 41.4 Å². The number of aromatic amines is 1. The van der Waals surface area contributed by atoms with Crippen LogP contribution in [-0.2, 0) is 46.4 Å². The van der Waals surface area contributed by atoms with Crippen LogP contribution in [0.25, 0.3) is 21.7 Å². The third-order valence-electron chi connectivity index (χ3n) is 11.3. The van der Waals surface area contributed by atoms with Crippen molar-refractivity contribution in [3.05, 3.63) is 96.2 Å². The van der Waals surface area contributed by atoms with Crippen LogP contribution in [0, 0.1) is 0 Å². The number of aromatic nitrogens is 1. The van der Waals surface area contributed by atoms with Gasteiger partial charge in [0.05, 0.1) is 0 Å². The Kier molecular flexibility index (Phi) is 15.5. The summed E-state index contributed by atoms with van der Waals surface area (Å²) in [5.41, 5.74) is 19.1. The molecule has 4 aromatic rings. The van der Waals surface area contributed by atoms with E-state index in [4.69, 9.17) is 17.2 Å².